The predicted molar refractivity (Wildman–Crippen MR) is 69.3 cm³/mol. The van der Waals surface area contributed by atoms with Crippen molar-refractivity contribution in [1.29, 1.82) is 0 Å². The van der Waals surface area contributed by atoms with Gasteiger partial charge in [-0.2, -0.15) is 5.10 Å². The highest BCUT2D eigenvalue weighted by atomic mass is 19.1. The van der Waals surface area contributed by atoms with Gasteiger partial charge in [-0.25, -0.2) is 9.07 Å². The third-order valence-corrected chi connectivity index (χ3v) is 3.73. The number of hydrogen-bond acceptors (Lipinski definition) is 2. The van der Waals surface area contributed by atoms with E-state index in [2.05, 4.69) is 18.9 Å². The van der Waals surface area contributed by atoms with E-state index in [0.29, 0.717) is 5.82 Å². The van der Waals surface area contributed by atoms with Gasteiger partial charge in [-0.05, 0) is 42.5 Å². The minimum atomic E-state index is -0.252. The van der Waals surface area contributed by atoms with Gasteiger partial charge in [0.05, 0.1) is 11.4 Å². The van der Waals surface area contributed by atoms with Crippen molar-refractivity contribution < 1.29 is 4.39 Å². The second kappa shape index (κ2) is 3.57. The van der Waals surface area contributed by atoms with E-state index in [4.69, 9.17) is 5.73 Å². The van der Waals surface area contributed by atoms with Gasteiger partial charge in [0.15, 0.2) is 0 Å². The van der Waals surface area contributed by atoms with Gasteiger partial charge < -0.3 is 5.73 Å². The van der Waals surface area contributed by atoms with Crippen LogP contribution in [0.25, 0.3) is 5.69 Å². The predicted octanol–water partition coefficient (Wildman–Crippen LogP) is 2.82. The molecule has 1 heterocycles. The molecule has 0 radical (unpaired) electrons. The number of rotatable bonds is 1. The Morgan fingerprint density at radius 1 is 1.28 bits per heavy atom. The first-order valence-corrected chi connectivity index (χ1v) is 6.13. The Morgan fingerprint density at radius 3 is 2.56 bits per heavy atom. The van der Waals surface area contributed by atoms with Crippen LogP contribution in [0.5, 0.6) is 0 Å². The molecule has 0 spiro atoms. The van der Waals surface area contributed by atoms with Crippen molar-refractivity contribution in [2.45, 2.75) is 32.1 Å². The number of fused-ring (bicyclic) bond motifs is 1. The first kappa shape index (κ1) is 11.3. The van der Waals surface area contributed by atoms with Crippen molar-refractivity contribution in [3.63, 3.8) is 0 Å². The topological polar surface area (TPSA) is 43.8 Å². The lowest BCUT2D eigenvalue weighted by Crippen LogP contribution is -2.15. The molecular formula is C14H16FN3. The normalized spacial score (nSPS) is 16.8. The molecule has 0 bridgehead atoms. The maximum absolute atomic E-state index is 12.9. The van der Waals surface area contributed by atoms with E-state index in [9.17, 15) is 4.39 Å². The van der Waals surface area contributed by atoms with Gasteiger partial charge in [0.2, 0.25) is 0 Å². The van der Waals surface area contributed by atoms with Crippen molar-refractivity contribution in [2.24, 2.45) is 0 Å². The van der Waals surface area contributed by atoms with E-state index in [1.54, 1.807) is 16.8 Å². The molecule has 18 heavy (non-hydrogen) atoms. The fourth-order valence-corrected chi connectivity index (χ4v) is 2.73. The molecule has 1 aliphatic carbocycles. The van der Waals surface area contributed by atoms with E-state index in [1.165, 1.54) is 12.1 Å². The molecule has 2 N–H and O–H groups in total. The number of nitrogens with two attached hydrogens (primary N) is 1. The fraction of sp³-hybridized carbons (Fsp3) is 0.357. The highest BCUT2D eigenvalue weighted by Gasteiger charge is 2.35. The summed E-state index contributed by atoms with van der Waals surface area (Å²) in [4.78, 5) is 0. The first-order valence-electron chi connectivity index (χ1n) is 6.13. The molecule has 2 aromatic rings. The summed E-state index contributed by atoms with van der Waals surface area (Å²) in [6.45, 7) is 4.37. The molecule has 0 saturated carbocycles. The lowest BCUT2D eigenvalue weighted by Gasteiger charge is -2.18. The Hall–Kier alpha value is -1.84. The Kier molecular flexibility index (Phi) is 2.24. The molecule has 0 aliphatic heterocycles. The van der Waals surface area contributed by atoms with Crippen LogP contribution in [0.1, 0.15) is 31.5 Å². The van der Waals surface area contributed by atoms with Crippen molar-refractivity contribution in [3.05, 3.63) is 41.3 Å². The maximum Gasteiger partial charge on any atom is 0.131 e. The molecule has 0 unspecified atom stereocenters. The van der Waals surface area contributed by atoms with Crippen LogP contribution in [-0.4, -0.2) is 9.78 Å². The average molecular weight is 245 g/mol. The third-order valence-electron chi connectivity index (χ3n) is 3.73. The second-order valence-corrected chi connectivity index (χ2v) is 5.48. The molecule has 1 aliphatic rings. The number of halogens is 1. The average Bonchev–Trinajstić information content (AvgIpc) is 2.80. The maximum atomic E-state index is 12.9. The van der Waals surface area contributed by atoms with Crippen LogP contribution in [0.15, 0.2) is 24.3 Å². The van der Waals surface area contributed by atoms with Crippen LogP contribution >= 0.6 is 0 Å². The molecule has 0 atom stereocenters. The summed E-state index contributed by atoms with van der Waals surface area (Å²) < 4.78 is 14.6. The van der Waals surface area contributed by atoms with Gasteiger partial charge in [0, 0.05) is 5.56 Å². The second-order valence-electron chi connectivity index (χ2n) is 5.48. The van der Waals surface area contributed by atoms with Gasteiger partial charge in [-0.15, -0.1) is 0 Å². The molecule has 0 saturated heterocycles. The van der Waals surface area contributed by atoms with Gasteiger partial charge >= 0.3 is 0 Å². The summed E-state index contributed by atoms with van der Waals surface area (Å²) in [6, 6.07) is 6.24. The quantitative estimate of drug-likeness (QED) is 0.839. The minimum absolute atomic E-state index is 0.0810. The fourth-order valence-electron chi connectivity index (χ4n) is 2.73. The number of nitrogen functional groups attached to an aromatic ring is 1. The van der Waals surface area contributed by atoms with E-state index < -0.39 is 0 Å². The molecule has 3 rings (SSSR count). The van der Waals surface area contributed by atoms with Gasteiger partial charge in [-0.3, -0.25) is 0 Å². The lowest BCUT2D eigenvalue weighted by atomic mass is 9.87. The Morgan fingerprint density at radius 2 is 1.94 bits per heavy atom. The van der Waals surface area contributed by atoms with Crippen LogP contribution in [0.4, 0.5) is 10.2 Å². The highest BCUT2D eigenvalue weighted by molar-refractivity contribution is 5.55. The molecule has 4 heteroatoms. The highest BCUT2D eigenvalue weighted by Crippen LogP contribution is 2.42. The van der Waals surface area contributed by atoms with Crippen LogP contribution in [0.3, 0.4) is 0 Å². The summed E-state index contributed by atoms with van der Waals surface area (Å²) in [5.41, 5.74) is 9.31. The van der Waals surface area contributed by atoms with Crippen LogP contribution < -0.4 is 5.73 Å². The zero-order valence-corrected chi connectivity index (χ0v) is 10.6. The SMILES string of the molecule is CC1(C)CCc2nn(-c3ccc(F)cc3)c(N)c21. The summed E-state index contributed by atoms with van der Waals surface area (Å²) in [7, 11) is 0. The van der Waals surface area contributed by atoms with E-state index in [-0.39, 0.29) is 11.2 Å². The summed E-state index contributed by atoms with van der Waals surface area (Å²) in [5.74, 6) is 0.427. The van der Waals surface area contributed by atoms with E-state index in [1.807, 2.05) is 0 Å². The molecule has 0 fully saturated rings. The largest absolute Gasteiger partial charge is 0.383 e. The Balaban J connectivity index is 2.13. The van der Waals surface area contributed by atoms with E-state index >= 15 is 0 Å². The van der Waals surface area contributed by atoms with Crippen molar-refractivity contribution in [2.75, 3.05) is 5.73 Å². The Labute approximate surface area is 105 Å². The number of aromatic nitrogens is 2. The van der Waals surface area contributed by atoms with Crippen LogP contribution in [0, 0.1) is 5.82 Å². The van der Waals surface area contributed by atoms with Crippen molar-refractivity contribution in [3.8, 4) is 5.69 Å². The van der Waals surface area contributed by atoms with Crippen LogP contribution in [0.2, 0.25) is 0 Å². The first-order chi connectivity index (χ1) is 8.49. The molecule has 1 aromatic heterocycles. The standard InChI is InChI=1S/C14H16FN3/c1-14(2)8-7-11-12(14)13(16)18(17-11)10-5-3-9(15)4-6-10/h3-6H,7-8,16H2,1-2H3. The number of anilines is 1. The number of nitrogens with zero attached hydrogens (tertiary/aromatic N) is 2. The summed E-state index contributed by atoms with van der Waals surface area (Å²) in [6.07, 6.45) is 2.04. The van der Waals surface area contributed by atoms with Crippen LogP contribution in [-0.2, 0) is 11.8 Å². The Bertz CT molecular complexity index is 596. The molecule has 94 valence electrons. The zero-order valence-electron chi connectivity index (χ0n) is 10.6. The molecular weight excluding hydrogens is 229 g/mol. The van der Waals surface area contributed by atoms with Gasteiger partial charge in [0.1, 0.15) is 11.6 Å². The van der Waals surface area contributed by atoms with E-state index in [0.717, 1.165) is 29.8 Å². The smallest absolute Gasteiger partial charge is 0.131 e. The molecule has 1 aromatic carbocycles. The van der Waals surface area contributed by atoms with Gasteiger partial charge in [0.25, 0.3) is 0 Å². The number of hydrogen-bond donors (Lipinski definition) is 1. The summed E-state index contributed by atoms with van der Waals surface area (Å²) in [5, 5.41) is 4.56. The molecule has 3 nitrogen and oxygen atoms in total. The summed E-state index contributed by atoms with van der Waals surface area (Å²) >= 11 is 0. The number of aryl methyl sites for hydroxylation is 1. The third kappa shape index (κ3) is 1.52. The monoisotopic (exact) mass is 245 g/mol. The minimum Gasteiger partial charge on any atom is -0.383 e. The molecule has 0 amide bonds. The van der Waals surface area contributed by atoms with Crippen molar-refractivity contribution in [1.82, 2.24) is 9.78 Å². The zero-order chi connectivity index (χ0) is 12.9. The van der Waals surface area contributed by atoms with Gasteiger partial charge in [-0.1, -0.05) is 13.8 Å². The number of benzene rings is 1. The van der Waals surface area contributed by atoms with Crippen molar-refractivity contribution >= 4 is 5.82 Å². The lowest BCUT2D eigenvalue weighted by molar-refractivity contribution is 0.519.